The van der Waals surface area contributed by atoms with Crippen molar-refractivity contribution in [2.45, 2.75) is 32.2 Å². The second kappa shape index (κ2) is 6.61. The molecule has 2 rings (SSSR count). The number of carboxylic acids is 1. The Morgan fingerprint density at radius 2 is 1.86 bits per heavy atom. The first-order chi connectivity index (χ1) is 10.0. The Kier molecular flexibility index (Phi) is 4.83. The van der Waals surface area contributed by atoms with E-state index in [2.05, 4.69) is 5.32 Å². The van der Waals surface area contributed by atoms with Crippen molar-refractivity contribution in [2.75, 3.05) is 7.11 Å². The van der Waals surface area contributed by atoms with Crippen molar-refractivity contribution in [1.29, 1.82) is 0 Å². The number of methoxy groups -OCH3 is 1. The monoisotopic (exact) mass is 291 g/mol. The molecule has 1 aliphatic rings. The Morgan fingerprint density at radius 1 is 1.24 bits per heavy atom. The molecule has 2 N–H and O–H groups in total. The molecule has 0 bridgehead atoms. The van der Waals surface area contributed by atoms with E-state index in [1.54, 1.807) is 7.11 Å². The Morgan fingerprint density at radius 3 is 2.43 bits per heavy atom. The normalized spacial score (nSPS) is 22.6. The van der Waals surface area contributed by atoms with Gasteiger partial charge in [-0.05, 0) is 37.5 Å². The summed E-state index contributed by atoms with van der Waals surface area (Å²) in [5, 5.41) is 12.1. The summed E-state index contributed by atoms with van der Waals surface area (Å²) in [6, 6.07) is 7.32. The van der Waals surface area contributed by atoms with Crippen molar-refractivity contribution in [3.8, 4) is 5.75 Å². The van der Waals surface area contributed by atoms with Gasteiger partial charge in [-0.3, -0.25) is 9.59 Å². The molecule has 0 aliphatic heterocycles. The Labute approximate surface area is 124 Å². The van der Waals surface area contributed by atoms with Crippen molar-refractivity contribution >= 4 is 11.9 Å². The van der Waals surface area contributed by atoms with E-state index < -0.39 is 17.8 Å². The number of carbonyl (C=O) groups is 2. The van der Waals surface area contributed by atoms with Crippen LogP contribution in [0, 0.1) is 11.8 Å². The molecule has 2 unspecified atom stereocenters. The predicted octanol–water partition coefficient (Wildman–Crippen LogP) is 2.37. The number of carboxylic acid groups (broad SMARTS) is 1. The van der Waals surface area contributed by atoms with Crippen LogP contribution >= 0.6 is 0 Å². The van der Waals surface area contributed by atoms with Crippen LogP contribution in [0.1, 0.15) is 37.8 Å². The van der Waals surface area contributed by atoms with Gasteiger partial charge in [0.2, 0.25) is 5.91 Å². The summed E-state index contributed by atoms with van der Waals surface area (Å²) in [6.45, 7) is 1.89. The standard InChI is InChI=1S/C16H21NO4/c1-10(11-6-8-12(21-2)9-7-11)17-15(18)13-4-3-5-14(13)16(19)20/h6-10,13-14H,3-5H2,1-2H3,(H,17,18)(H,19,20)/t10-,13?,14?/m0/s1. The molecule has 114 valence electrons. The average Bonchev–Trinajstić information content (AvgIpc) is 2.97. The molecule has 0 heterocycles. The zero-order valence-electron chi connectivity index (χ0n) is 12.3. The van der Waals surface area contributed by atoms with Crippen LogP contribution in [0.15, 0.2) is 24.3 Å². The summed E-state index contributed by atoms with van der Waals surface area (Å²) in [6.07, 6.45) is 2.04. The number of benzene rings is 1. The molecule has 1 saturated carbocycles. The van der Waals surface area contributed by atoms with Crippen molar-refractivity contribution in [1.82, 2.24) is 5.32 Å². The lowest BCUT2D eigenvalue weighted by Gasteiger charge is -2.20. The molecule has 5 heteroatoms. The van der Waals surface area contributed by atoms with Crippen LogP contribution in [-0.4, -0.2) is 24.1 Å². The minimum absolute atomic E-state index is 0.154. The lowest BCUT2D eigenvalue weighted by molar-refractivity contribution is -0.146. The van der Waals surface area contributed by atoms with Crippen molar-refractivity contribution in [3.63, 3.8) is 0 Å². The van der Waals surface area contributed by atoms with Gasteiger partial charge >= 0.3 is 5.97 Å². The number of aliphatic carboxylic acids is 1. The van der Waals surface area contributed by atoms with Crippen molar-refractivity contribution in [3.05, 3.63) is 29.8 Å². The maximum atomic E-state index is 12.3. The van der Waals surface area contributed by atoms with E-state index in [0.29, 0.717) is 12.8 Å². The molecule has 21 heavy (non-hydrogen) atoms. The maximum Gasteiger partial charge on any atom is 0.307 e. The summed E-state index contributed by atoms with van der Waals surface area (Å²) in [5.74, 6) is -1.23. The summed E-state index contributed by atoms with van der Waals surface area (Å²) in [7, 11) is 1.60. The molecule has 1 aromatic rings. The van der Waals surface area contributed by atoms with E-state index in [9.17, 15) is 9.59 Å². The molecule has 0 spiro atoms. The smallest absolute Gasteiger partial charge is 0.307 e. The van der Waals surface area contributed by atoms with Gasteiger partial charge in [-0.2, -0.15) is 0 Å². The lowest BCUT2D eigenvalue weighted by atomic mass is 9.94. The molecule has 0 radical (unpaired) electrons. The number of hydrogen-bond donors (Lipinski definition) is 2. The minimum atomic E-state index is -0.871. The number of hydrogen-bond acceptors (Lipinski definition) is 3. The fourth-order valence-electron chi connectivity index (χ4n) is 2.87. The fraction of sp³-hybridized carbons (Fsp3) is 0.500. The van der Waals surface area contributed by atoms with E-state index in [0.717, 1.165) is 17.7 Å². The Hall–Kier alpha value is -2.04. The number of rotatable bonds is 5. The SMILES string of the molecule is COc1ccc([C@H](C)NC(=O)C2CCCC2C(=O)O)cc1. The zero-order valence-corrected chi connectivity index (χ0v) is 12.3. The van der Waals surface area contributed by atoms with Crippen LogP contribution in [0.3, 0.4) is 0 Å². The average molecular weight is 291 g/mol. The largest absolute Gasteiger partial charge is 0.497 e. The Balaban J connectivity index is 1.99. The van der Waals surface area contributed by atoms with Crippen LogP contribution in [0.2, 0.25) is 0 Å². The van der Waals surface area contributed by atoms with Crippen LogP contribution in [0.25, 0.3) is 0 Å². The molecule has 5 nitrogen and oxygen atoms in total. The van der Waals surface area contributed by atoms with E-state index in [1.807, 2.05) is 31.2 Å². The highest BCUT2D eigenvalue weighted by atomic mass is 16.5. The second-order valence-corrected chi connectivity index (χ2v) is 5.49. The van der Waals surface area contributed by atoms with Crippen LogP contribution in [0.5, 0.6) is 5.75 Å². The van der Waals surface area contributed by atoms with Crippen LogP contribution < -0.4 is 10.1 Å². The molecule has 1 aromatic carbocycles. The highest BCUT2D eigenvalue weighted by Crippen LogP contribution is 2.32. The molecule has 3 atom stereocenters. The molecular weight excluding hydrogens is 270 g/mol. The van der Waals surface area contributed by atoms with Gasteiger partial charge in [0.25, 0.3) is 0 Å². The van der Waals surface area contributed by atoms with Gasteiger partial charge in [0, 0.05) is 0 Å². The maximum absolute atomic E-state index is 12.3. The van der Waals surface area contributed by atoms with Gasteiger partial charge < -0.3 is 15.2 Å². The van der Waals surface area contributed by atoms with Gasteiger partial charge in [0.05, 0.1) is 25.0 Å². The number of nitrogens with one attached hydrogen (secondary N) is 1. The first-order valence-corrected chi connectivity index (χ1v) is 7.20. The first-order valence-electron chi connectivity index (χ1n) is 7.20. The fourth-order valence-corrected chi connectivity index (χ4v) is 2.87. The number of ether oxygens (including phenoxy) is 1. The molecule has 1 fully saturated rings. The van der Waals surface area contributed by atoms with Gasteiger partial charge in [0.15, 0.2) is 0 Å². The summed E-state index contributed by atoms with van der Waals surface area (Å²) < 4.78 is 5.10. The number of carbonyl (C=O) groups excluding carboxylic acids is 1. The third-order valence-corrected chi connectivity index (χ3v) is 4.14. The number of amides is 1. The van der Waals surface area contributed by atoms with Gasteiger partial charge in [0.1, 0.15) is 5.75 Å². The van der Waals surface area contributed by atoms with Crippen LogP contribution in [-0.2, 0) is 9.59 Å². The van der Waals surface area contributed by atoms with Crippen LogP contribution in [0.4, 0.5) is 0 Å². The second-order valence-electron chi connectivity index (χ2n) is 5.49. The van der Waals surface area contributed by atoms with E-state index in [-0.39, 0.29) is 11.9 Å². The molecule has 0 aromatic heterocycles. The minimum Gasteiger partial charge on any atom is -0.497 e. The lowest BCUT2D eigenvalue weighted by Crippen LogP contribution is -2.36. The van der Waals surface area contributed by atoms with Gasteiger partial charge in [-0.1, -0.05) is 18.6 Å². The van der Waals surface area contributed by atoms with E-state index in [1.165, 1.54) is 0 Å². The highest BCUT2D eigenvalue weighted by Gasteiger charge is 2.38. The van der Waals surface area contributed by atoms with Gasteiger partial charge in [-0.15, -0.1) is 0 Å². The molecule has 1 aliphatic carbocycles. The quantitative estimate of drug-likeness (QED) is 0.873. The predicted molar refractivity (Wildman–Crippen MR) is 78.0 cm³/mol. The molecular formula is C16H21NO4. The third kappa shape index (κ3) is 3.54. The summed E-state index contributed by atoms with van der Waals surface area (Å²) in [5.41, 5.74) is 0.967. The van der Waals surface area contributed by atoms with Crippen molar-refractivity contribution < 1.29 is 19.4 Å². The zero-order chi connectivity index (χ0) is 15.4. The topological polar surface area (TPSA) is 75.6 Å². The molecule has 1 amide bonds. The summed E-state index contributed by atoms with van der Waals surface area (Å²) >= 11 is 0. The van der Waals surface area contributed by atoms with E-state index in [4.69, 9.17) is 9.84 Å². The van der Waals surface area contributed by atoms with E-state index >= 15 is 0 Å². The first kappa shape index (κ1) is 15.4. The van der Waals surface area contributed by atoms with Crippen molar-refractivity contribution in [2.24, 2.45) is 11.8 Å². The van der Waals surface area contributed by atoms with Gasteiger partial charge in [-0.25, -0.2) is 0 Å². The molecule has 0 saturated heterocycles. The Bertz CT molecular complexity index is 512. The third-order valence-electron chi connectivity index (χ3n) is 4.14. The highest BCUT2D eigenvalue weighted by molar-refractivity contribution is 5.85. The summed E-state index contributed by atoms with van der Waals surface area (Å²) in [4.78, 5) is 23.4.